The number of rotatable bonds is 8. The molecule has 1 saturated carbocycles. The molecule has 30 heavy (non-hydrogen) atoms. The molecule has 0 unspecified atom stereocenters. The Bertz CT molecular complexity index is 1040. The first-order chi connectivity index (χ1) is 14.3. The number of carbonyl (C=O) groups excluding carboxylic acids is 2. The SMILES string of the molecule is CCCN(C(=O)COC(=O)[C@@H]1C[C@@H]1C)c1c(N)n(Cc2ccccc2)c(=O)[nH]c1=O. The molecule has 9 nitrogen and oxygen atoms in total. The lowest BCUT2D eigenvalue weighted by atomic mass is 10.2. The molecule has 1 heterocycles. The summed E-state index contributed by atoms with van der Waals surface area (Å²) in [5, 5.41) is 0. The number of hydrogen-bond acceptors (Lipinski definition) is 6. The predicted molar refractivity (Wildman–Crippen MR) is 112 cm³/mol. The number of hydrogen-bond donors (Lipinski definition) is 2. The van der Waals surface area contributed by atoms with Crippen LogP contribution in [0.3, 0.4) is 0 Å². The zero-order valence-electron chi connectivity index (χ0n) is 17.1. The minimum absolute atomic E-state index is 0.114. The van der Waals surface area contributed by atoms with Crippen molar-refractivity contribution in [1.82, 2.24) is 9.55 Å². The van der Waals surface area contributed by atoms with E-state index in [1.807, 2.05) is 44.2 Å². The van der Waals surface area contributed by atoms with Crippen LogP contribution in [0.5, 0.6) is 0 Å². The maximum atomic E-state index is 12.8. The summed E-state index contributed by atoms with van der Waals surface area (Å²) >= 11 is 0. The predicted octanol–water partition coefficient (Wildman–Crippen LogP) is 1.11. The molecular formula is C21H26N4O5. The Labute approximate surface area is 173 Å². The Morgan fingerprint density at radius 1 is 1.27 bits per heavy atom. The summed E-state index contributed by atoms with van der Waals surface area (Å²) in [6.45, 7) is 3.61. The number of ether oxygens (including phenoxy) is 1. The van der Waals surface area contributed by atoms with Crippen molar-refractivity contribution in [3.63, 3.8) is 0 Å². The number of nitrogens with one attached hydrogen (secondary N) is 1. The van der Waals surface area contributed by atoms with Crippen LogP contribution >= 0.6 is 0 Å². The first-order valence-electron chi connectivity index (χ1n) is 9.97. The van der Waals surface area contributed by atoms with E-state index in [9.17, 15) is 19.2 Å². The molecule has 1 amide bonds. The summed E-state index contributed by atoms with van der Waals surface area (Å²) in [5.41, 5.74) is 5.45. The van der Waals surface area contributed by atoms with E-state index in [0.29, 0.717) is 6.42 Å². The van der Waals surface area contributed by atoms with Crippen LogP contribution in [-0.2, 0) is 20.9 Å². The van der Waals surface area contributed by atoms with E-state index in [1.54, 1.807) is 0 Å². The molecular weight excluding hydrogens is 388 g/mol. The van der Waals surface area contributed by atoms with Gasteiger partial charge >= 0.3 is 11.7 Å². The molecule has 1 aliphatic carbocycles. The van der Waals surface area contributed by atoms with Crippen LogP contribution in [0.2, 0.25) is 0 Å². The fraction of sp³-hybridized carbons (Fsp3) is 0.429. The number of esters is 1. The van der Waals surface area contributed by atoms with Gasteiger partial charge in [-0.15, -0.1) is 0 Å². The summed E-state index contributed by atoms with van der Waals surface area (Å²) in [4.78, 5) is 53.0. The van der Waals surface area contributed by atoms with E-state index in [0.717, 1.165) is 12.0 Å². The highest BCUT2D eigenvalue weighted by Gasteiger charge is 2.41. The van der Waals surface area contributed by atoms with Crippen LogP contribution in [0.25, 0.3) is 0 Å². The maximum absolute atomic E-state index is 12.8. The summed E-state index contributed by atoms with van der Waals surface area (Å²) in [7, 11) is 0. The van der Waals surface area contributed by atoms with Gasteiger partial charge in [-0.05, 0) is 24.3 Å². The number of carbonyl (C=O) groups is 2. The van der Waals surface area contributed by atoms with Crippen LogP contribution in [0.4, 0.5) is 11.5 Å². The second kappa shape index (κ2) is 8.98. The van der Waals surface area contributed by atoms with Gasteiger partial charge in [0.25, 0.3) is 11.5 Å². The highest BCUT2D eigenvalue weighted by atomic mass is 16.5. The average Bonchev–Trinajstić information content (AvgIpc) is 3.45. The van der Waals surface area contributed by atoms with Crippen molar-refractivity contribution in [2.75, 3.05) is 23.8 Å². The Morgan fingerprint density at radius 3 is 2.53 bits per heavy atom. The molecule has 0 aliphatic heterocycles. The normalized spacial score (nSPS) is 17.4. The highest BCUT2D eigenvalue weighted by Crippen LogP contribution is 2.38. The number of nitrogen functional groups attached to an aromatic ring is 1. The van der Waals surface area contributed by atoms with E-state index >= 15 is 0 Å². The van der Waals surface area contributed by atoms with Gasteiger partial charge in [-0.2, -0.15) is 0 Å². The smallest absolute Gasteiger partial charge is 0.330 e. The van der Waals surface area contributed by atoms with E-state index in [2.05, 4.69) is 4.98 Å². The minimum atomic E-state index is -0.759. The number of nitrogens with two attached hydrogens (primary N) is 1. The van der Waals surface area contributed by atoms with Gasteiger partial charge in [-0.3, -0.25) is 23.9 Å². The van der Waals surface area contributed by atoms with Gasteiger partial charge in [-0.1, -0.05) is 44.2 Å². The lowest BCUT2D eigenvalue weighted by Gasteiger charge is -2.24. The first-order valence-corrected chi connectivity index (χ1v) is 9.97. The number of amides is 1. The van der Waals surface area contributed by atoms with Crippen molar-refractivity contribution in [3.05, 3.63) is 56.7 Å². The Kier molecular flexibility index (Phi) is 6.39. The number of benzene rings is 1. The lowest BCUT2D eigenvalue weighted by molar-refractivity contribution is -0.149. The second-order valence-electron chi connectivity index (χ2n) is 7.54. The molecule has 2 aromatic rings. The molecule has 1 aromatic heterocycles. The molecule has 2 atom stereocenters. The van der Waals surface area contributed by atoms with Gasteiger partial charge in [0.05, 0.1) is 12.5 Å². The number of aromatic nitrogens is 2. The monoisotopic (exact) mass is 414 g/mol. The zero-order chi connectivity index (χ0) is 21.8. The molecule has 3 rings (SSSR count). The standard InChI is InChI=1S/C21H26N4O5/c1-3-9-24(16(26)12-30-20(28)15-10-13(15)2)17-18(22)25(21(29)23-19(17)27)11-14-7-5-4-6-8-14/h4-8,13,15H,3,9-12,22H2,1-2H3,(H,23,27,29)/t13-,15+/m0/s1. The summed E-state index contributed by atoms with van der Waals surface area (Å²) in [6, 6.07) is 9.14. The molecule has 0 radical (unpaired) electrons. The van der Waals surface area contributed by atoms with E-state index in [1.165, 1.54) is 9.47 Å². The molecule has 1 fully saturated rings. The van der Waals surface area contributed by atoms with Crippen LogP contribution in [0, 0.1) is 11.8 Å². The summed E-state index contributed by atoms with van der Waals surface area (Å²) in [5.74, 6) is -1.00. The molecule has 1 aliphatic rings. The van der Waals surface area contributed by atoms with Crippen molar-refractivity contribution in [1.29, 1.82) is 0 Å². The van der Waals surface area contributed by atoms with Crippen molar-refractivity contribution >= 4 is 23.4 Å². The van der Waals surface area contributed by atoms with Crippen LogP contribution in [0.15, 0.2) is 39.9 Å². The largest absolute Gasteiger partial charge is 0.455 e. The van der Waals surface area contributed by atoms with Crippen molar-refractivity contribution in [3.8, 4) is 0 Å². The molecule has 160 valence electrons. The molecule has 9 heteroatoms. The van der Waals surface area contributed by atoms with Crippen LogP contribution in [0.1, 0.15) is 32.3 Å². The van der Waals surface area contributed by atoms with Crippen LogP contribution < -0.4 is 21.9 Å². The van der Waals surface area contributed by atoms with E-state index in [-0.39, 0.29) is 36.4 Å². The molecule has 0 bridgehead atoms. The molecule has 1 aromatic carbocycles. The maximum Gasteiger partial charge on any atom is 0.330 e. The van der Waals surface area contributed by atoms with Gasteiger partial charge in [-0.25, -0.2) is 4.79 Å². The summed E-state index contributed by atoms with van der Waals surface area (Å²) < 4.78 is 6.33. The topological polar surface area (TPSA) is 127 Å². The zero-order valence-corrected chi connectivity index (χ0v) is 17.1. The molecule has 0 saturated heterocycles. The van der Waals surface area contributed by atoms with Gasteiger partial charge < -0.3 is 15.4 Å². The van der Waals surface area contributed by atoms with Gasteiger partial charge in [0.2, 0.25) is 0 Å². The highest BCUT2D eigenvalue weighted by molar-refractivity contribution is 5.97. The fourth-order valence-electron chi connectivity index (χ4n) is 3.31. The Morgan fingerprint density at radius 2 is 1.93 bits per heavy atom. The summed E-state index contributed by atoms with van der Waals surface area (Å²) in [6.07, 6.45) is 1.29. The number of anilines is 2. The third kappa shape index (κ3) is 4.61. The van der Waals surface area contributed by atoms with Gasteiger partial charge in [0.15, 0.2) is 12.3 Å². The van der Waals surface area contributed by atoms with Crippen molar-refractivity contribution in [2.45, 2.75) is 33.2 Å². The molecule has 0 spiro atoms. The van der Waals surface area contributed by atoms with Crippen LogP contribution in [-0.4, -0.2) is 34.6 Å². The number of aromatic amines is 1. The van der Waals surface area contributed by atoms with E-state index < -0.39 is 29.7 Å². The minimum Gasteiger partial charge on any atom is -0.455 e. The molecule has 3 N–H and O–H groups in total. The van der Waals surface area contributed by atoms with Crippen molar-refractivity contribution < 1.29 is 14.3 Å². The quantitative estimate of drug-likeness (QED) is 0.623. The second-order valence-corrected chi connectivity index (χ2v) is 7.54. The fourth-order valence-corrected chi connectivity index (χ4v) is 3.31. The third-order valence-electron chi connectivity index (χ3n) is 5.17. The lowest BCUT2D eigenvalue weighted by Crippen LogP contribution is -2.43. The first kappa shape index (κ1) is 21.4. The number of nitrogens with zero attached hydrogens (tertiary/aromatic N) is 2. The Balaban J connectivity index is 1.88. The van der Waals surface area contributed by atoms with Gasteiger partial charge in [0.1, 0.15) is 5.82 Å². The average molecular weight is 414 g/mol. The van der Waals surface area contributed by atoms with Crippen molar-refractivity contribution in [2.24, 2.45) is 11.8 Å². The Hall–Kier alpha value is -3.36. The van der Waals surface area contributed by atoms with E-state index in [4.69, 9.17) is 10.5 Å². The van der Waals surface area contributed by atoms with Gasteiger partial charge in [0, 0.05) is 6.54 Å². The third-order valence-corrected chi connectivity index (χ3v) is 5.17. The number of H-pyrrole nitrogens is 1.